The van der Waals surface area contributed by atoms with E-state index in [1.165, 1.54) is 6.20 Å². The normalized spacial score (nSPS) is 22.6. The van der Waals surface area contributed by atoms with Gasteiger partial charge in [-0.25, -0.2) is 4.98 Å². The Morgan fingerprint density at radius 3 is 2.60 bits per heavy atom. The molecule has 214 valence electrons. The highest BCUT2D eigenvalue weighted by Crippen LogP contribution is 2.32. The van der Waals surface area contributed by atoms with E-state index in [9.17, 15) is 9.59 Å². The van der Waals surface area contributed by atoms with Crippen molar-refractivity contribution in [3.05, 3.63) is 42.1 Å². The van der Waals surface area contributed by atoms with Crippen LogP contribution in [0.4, 0.5) is 17.5 Å². The van der Waals surface area contributed by atoms with Gasteiger partial charge in [-0.15, -0.1) is 0 Å². The van der Waals surface area contributed by atoms with E-state index in [4.69, 9.17) is 9.47 Å². The minimum atomic E-state index is -0.248. The van der Waals surface area contributed by atoms with Crippen molar-refractivity contribution in [3.63, 3.8) is 0 Å². The molecule has 4 N–H and O–H groups in total. The molecule has 0 spiro atoms. The Hall–Kier alpha value is -3.86. The Bertz CT molecular complexity index is 1220. The summed E-state index contributed by atoms with van der Waals surface area (Å²) in [5.41, 5.74) is 1.05. The number of benzene rings is 1. The number of likely N-dealkylation sites (tertiary alicyclic amines) is 1. The van der Waals surface area contributed by atoms with Gasteiger partial charge in [0.25, 0.3) is 5.91 Å². The predicted octanol–water partition coefficient (Wildman–Crippen LogP) is 3.09. The zero-order valence-electron chi connectivity index (χ0n) is 23.2. The largest absolute Gasteiger partial charge is 0.493 e. The number of carbonyl (C=O) groups is 2. The van der Waals surface area contributed by atoms with Crippen LogP contribution in [0.15, 0.2) is 36.5 Å². The number of piperidine rings is 1. The summed E-state index contributed by atoms with van der Waals surface area (Å²) in [5.74, 6) is 1.91. The molecule has 1 aliphatic carbocycles. The summed E-state index contributed by atoms with van der Waals surface area (Å²) in [6.45, 7) is 2.94. The Morgan fingerprint density at radius 2 is 1.82 bits per heavy atom. The molecule has 4 bridgehead atoms. The van der Waals surface area contributed by atoms with Crippen LogP contribution in [0.3, 0.4) is 0 Å². The molecule has 2 amide bonds. The van der Waals surface area contributed by atoms with Crippen LogP contribution in [0.25, 0.3) is 0 Å². The Kier molecular flexibility index (Phi) is 9.00. The summed E-state index contributed by atoms with van der Waals surface area (Å²) in [4.78, 5) is 37.5. The number of amides is 2. The SMILES string of the molecule is COc1ccc2cc1OC/C=C\CNc1ncc(C(=O)NC3CCC(C(=O)NC4CCN(C)CC4)CC3)c(n1)N2. The van der Waals surface area contributed by atoms with E-state index in [-0.39, 0.29) is 29.8 Å². The number of hydrogen-bond acceptors (Lipinski definition) is 9. The summed E-state index contributed by atoms with van der Waals surface area (Å²) >= 11 is 0. The van der Waals surface area contributed by atoms with Gasteiger partial charge in [-0.05, 0) is 76.9 Å². The van der Waals surface area contributed by atoms with Gasteiger partial charge in [0, 0.05) is 42.5 Å². The number of hydrogen-bond donors (Lipinski definition) is 4. The molecule has 2 fully saturated rings. The summed E-state index contributed by atoms with van der Waals surface area (Å²) in [5, 5.41) is 12.8. The first-order valence-electron chi connectivity index (χ1n) is 14.1. The summed E-state index contributed by atoms with van der Waals surface area (Å²) < 4.78 is 11.3. The molecule has 0 radical (unpaired) electrons. The summed E-state index contributed by atoms with van der Waals surface area (Å²) in [6, 6.07) is 5.73. The molecule has 0 atom stereocenters. The number of nitrogens with zero attached hydrogens (tertiary/aromatic N) is 3. The molecule has 3 heterocycles. The number of fused-ring (bicyclic) bond motifs is 4. The molecule has 11 nitrogen and oxygen atoms in total. The van der Waals surface area contributed by atoms with Gasteiger partial charge in [-0.1, -0.05) is 6.08 Å². The molecule has 2 aromatic rings. The quantitative estimate of drug-likeness (QED) is 0.416. The molecule has 1 saturated heterocycles. The van der Waals surface area contributed by atoms with Crippen LogP contribution in [-0.2, 0) is 4.79 Å². The second-order valence-electron chi connectivity index (χ2n) is 10.7. The van der Waals surface area contributed by atoms with Gasteiger partial charge >= 0.3 is 0 Å². The first kappa shape index (κ1) is 27.7. The van der Waals surface area contributed by atoms with Crippen molar-refractivity contribution in [2.45, 2.75) is 50.6 Å². The third-order valence-corrected chi connectivity index (χ3v) is 7.84. The van der Waals surface area contributed by atoms with Crippen molar-refractivity contribution < 1.29 is 19.1 Å². The fourth-order valence-corrected chi connectivity index (χ4v) is 5.41. The van der Waals surface area contributed by atoms with E-state index in [2.05, 4.69) is 43.2 Å². The maximum atomic E-state index is 13.4. The summed E-state index contributed by atoms with van der Waals surface area (Å²) in [7, 11) is 3.71. The molecule has 11 heteroatoms. The van der Waals surface area contributed by atoms with Gasteiger partial charge in [0.1, 0.15) is 18.0 Å². The maximum Gasteiger partial charge on any atom is 0.256 e. The standard InChI is InChI=1S/C29H39N7O4/c1-36-14-11-21(12-15-36)33-27(37)19-5-7-20(8-6-19)34-28(38)23-18-31-29-30-13-3-4-16-40-25-17-22(32-26(23)35-29)9-10-24(25)39-2/h3-4,9-10,17-21H,5-8,11-16H2,1-2H3,(H,33,37)(H,34,38)(H2,30,31,32,35)/b4-3-. The number of anilines is 3. The van der Waals surface area contributed by atoms with Crippen molar-refractivity contribution in [3.8, 4) is 11.5 Å². The molecule has 40 heavy (non-hydrogen) atoms. The van der Waals surface area contributed by atoms with Crippen molar-refractivity contribution in [1.29, 1.82) is 0 Å². The third kappa shape index (κ3) is 7.01. The lowest BCUT2D eigenvalue weighted by Gasteiger charge is -2.32. The minimum absolute atomic E-state index is 0.00176. The van der Waals surface area contributed by atoms with Crippen LogP contribution in [-0.4, -0.2) is 79.2 Å². The Morgan fingerprint density at radius 1 is 1.05 bits per heavy atom. The van der Waals surface area contributed by atoms with Gasteiger partial charge in [0.2, 0.25) is 11.9 Å². The molecular formula is C29H39N7O4. The highest BCUT2D eigenvalue weighted by Gasteiger charge is 2.30. The second kappa shape index (κ2) is 13.0. The molecule has 1 aromatic carbocycles. The van der Waals surface area contributed by atoms with Gasteiger partial charge in [0.15, 0.2) is 11.5 Å². The fraction of sp³-hybridized carbons (Fsp3) is 0.517. The van der Waals surface area contributed by atoms with Crippen molar-refractivity contribution in [2.75, 3.05) is 51.0 Å². The molecular weight excluding hydrogens is 510 g/mol. The molecule has 3 aliphatic rings. The highest BCUT2D eigenvalue weighted by molar-refractivity contribution is 5.99. The number of aromatic nitrogens is 2. The molecule has 0 unspecified atom stereocenters. The van der Waals surface area contributed by atoms with E-state index >= 15 is 0 Å². The van der Waals surface area contributed by atoms with Crippen LogP contribution >= 0.6 is 0 Å². The fourth-order valence-electron chi connectivity index (χ4n) is 5.41. The Labute approximate surface area is 235 Å². The zero-order chi connectivity index (χ0) is 27.9. The van der Waals surface area contributed by atoms with Gasteiger partial charge in [-0.2, -0.15) is 4.98 Å². The average molecular weight is 550 g/mol. The van der Waals surface area contributed by atoms with Crippen LogP contribution < -0.4 is 30.7 Å². The lowest BCUT2D eigenvalue weighted by atomic mass is 9.85. The monoisotopic (exact) mass is 549 g/mol. The lowest BCUT2D eigenvalue weighted by Crippen LogP contribution is -2.47. The molecule has 1 saturated carbocycles. The van der Waals surface area contributed by atoms with E-state index in [1.807, 2.05) is 30.4 Å². The predicted molar refractivity (Wildman–Crippen MR) is 153 cm³/mol. The first-order valence-corrected chi connectivity index (χ1v) is 14.1. The van der Waals surface area contributed by atoms with Crippen LogP contribution in [0.1, 0.15) is 48.9 Å². The van der Waals surface area contributed by atoms with E-state index in [1.54, 1.807) is 7.11 Å². The van der Waals surface area contributed by atoms with Crippen LogP contribution in [0.2, 0.25) is 0 Å². The topological polar surface area (TPSA) is 130 Å². The summed E-state index contributed by atoms with van der Waals surface area (Å²) in [6.07, 6.45) is 10.4. The molecule has 2 aliphatic heterocycles. The van der Waals surface area contributed by atoms with Crippen molar-refractivity contribution in [2.24, 2.45) is 5.92 Å². The average Bonchev–Trinajstić information content (AvgIpc) is 2.97. The third-order valence-electron chi connectivity index (χ3n) is 7.84. The van der Waals surface area contributed by atoms with E-state index < -0.39 is 0 Å². The molecule has 5 rings (SSSR count). The first-order chi connectivity index (χ1) is 19.5. The van der Waals surface area contributed by atoms with Crippen LogP contribution in [0, 0.1) is 5.92 Å². The van der Waals surface area contributed by atoms with Crippen LogP contribution in [0.5, 0.6) is 11.5 Å². The Balaban J connectivity index is 1.23. The van der Waals surface area contributed by atoms with Gasteiger partial charge < -0.3 is 35.6 Å². The number of ether oxygens (including phenoxy) is 2. The van der Waals surface area contributed by atoms with E-state index in [0.29, 0.717) is 47.7 Å². The van der Waals surface area contributed by atoms with E-state index in [0.717, 1.165) is 51.6 Å². The minimum Gasteiger partial charge on any atom is -0.493 e. The number of nitrogens with one attached hydrogen (secondary N) is 4. The number of methoxy groups -OCH3 is 1. The number of carbonyl (C=O) groups excluding carboxylic acids is 2. The molecule has 1 aromatic heterocycles. The zero-order valence-corrected chi connectivity index (χ0v) is 23.2. The smallest absolute Gasteiger partial charge is 0.256 e. The van der Waals surface area contributed by atoms with Gasteiger partial charge in [-0.3, -0.25) is 9.59 Å². The van der Waals surface area contributed by atoms with Crippen molar-refractivity contribution in [1.82, 2.24) is 25.5 Å². The number of rotatable bonds is 5. The van der Waals surface area contributed by atoms with Gasteiger partial charge in [0.05, 0.1) is 7.11 Å². The second-order valence-corrected chi connectivity index (χ2v) is 10.7. The lowest BCUT2D eigenvalue weighted by molar-refractivity contribution is -0.127. The maximum absolute atomic E-state index is 13.4. The highest BCUT2D eigenvalue weighted by atomic mass is 16.5. The van der Waals surface area contributed by atoms with Crippen molar-refractivity contribution >= 4 is 29.3 Å².